The van der Waals surface area contributed by atoms with Crippen molar-refractivity contribution in [3.63, 3.8) is 0 Å². The normalized spacial score (nSPS) is 17.1. The molecule has 0 aromatic heterocycles. The molecule has 0 rings (SSSR count). The molecule has 2 nitrogen and oxygen atoms in total. The molecule has 0 aliphatic carbocycles. The van der Waals surface area contributed by atoms with Gasteiger partial charge in [-0.2, -0.15) is 70.2 Å². The molecule has 190 valence electrons. The van der Waals surface area contributed by atoms with Crippen LogP contribution in [0, 0.1) is 0 Å². The van der Waals surface area contributed by atoms with Gasteiger partial charge in [0.1, 0.15) is 0 Å². The third-order valence-electron chi connectivity index (χ3n) is 3.74. The zero-order valence-corrected chi connectivity index (χ0v) is 14.5. The third kappa shape index (κ3) is 3.84. The Labute approximate surface area is 164 Å². The van der Waals surface area contributed by atoms with Gasteiger partial charge in [-0.25, -0.2) is 9.18 Å². The van der Waals surface area contributed by atoms with E-state index in [4.69, 9.17) is 5.11 Å². The van der Waals surface area contributed by atoms with Crippen LogP contribution >= 0.6 is 0 Å². The van der Waals surface area contributed by atoms with Gasteiger partial charge in [0, 0.05) is 6.08 Å². The Hall–Kier alpha value is -1.98. The number of alkyl halides is 17. The number of carboxylic acid groups (broad SMARTS) is 1. The van der Waals surface area contributed by atoms with Crippen molar-refractivity contribution >= 4 is 5.97 Å². The van der Waals surface area contributed by atoms with Crippen LogP contribution in [0.5, 0.6) is 0 Å². The first-order valence-corrected chi connectivity index (χ1v) is 7.20. The monoisotopic (exact) mass is 518 g/mol. The summed E-state index contributed by atoms with van der Waals surface area (Å²) in [5.41, 5.74) is 0. The van der Waals surface area contributed by atoms with E-state index in [2.05, 4.69) is 0 Å². The van der Waals surface area contributed by atoms with Crippen molar-refractivity contribution in [3.8, 4) is 0 Å². The van der Waals surface area contributed by atoms with Crippen LogP contribution in [0.15, 0.2) is 12.2 Å². The molecule has 0 heterocycles. The van der Waals surface area contributed by atoms with Gasteiger partial charge in [-0.15, -0.1) is 0 Å². The van der Waals surface area contributed by atoms with E-state index in [0.717, 1.165) is 0 Å². The molecule has 0 amide bonds. The second kappa shape index (κ2) is 7.81. The molecule has 0 radical (unpaired) electrons. The van der Waals surface area contributed by atoms with Crippen LogP contribution < -0.4 is 0 Å². The first-order chi connectivity index (χ1) is 13.6. The summed E-state index contributed by atoms with van der Waals surface area (Å²) in [7, 11) is 0. The summed E-state index contributed by atoms with van der Waals surface area (Å²) in [4.78, 5) is 9.96. The molecule has 0 bridgehead atoms. The number of rotatable bonds is 10. The van der Waals surface area contributed by atoms with Crippen molar-refractivity contribution in [2.45, 2.75) is 60.5 Å². The summed E-state index contributed by atoms with van der Waals surface area (Å²) in [5, 5.41) is 7.95. The highest BCUT2D eigenvalue weighted by Crippen LogP contribution is 2.64. The molecular weight excluding hydrogens is 511 g/mol. The van der Waals surface area contributed by atoms with E-state index in [1.165, 1.54) is 0 Å². The molecule has 0 saturated heterocycles. The van der Waals surface area contributed by atoms with E-state index in [0.29, 0.717) is 0 Å². The standard InChI is InChI=1S/C13H7F17O2/c1-4(14)7(17,18)9(21,22)11(25,26)13(29,30)12(27,28)10(23,24)8(19,20)6(15,16)3-2-5(31)32/h2-4H,1H3,(H,31,32). The molecular formula is C13H7F17O2. The van der Waals surface area contributed by atoms with E-state index in [1.54, 1.807) is 0 Å². The lowest BCUT2D eigenvalue weighted by atomic mass is 9.87. The van der Waals surface area contributed by atoms with Crippen LogP contribution in [0.25, 0.3) is 0 Å². The Morgan fingerprint density at radius 3 is 1.19 bits per heavy atom. The maximum absolute atomic E-state index is 13.4. The lowest BCUT2D eigenvalue weighted by molar-refractivity contribution is -0.452. The van der Waals surface area contributed by atoms with Gasteiger partial charge in [0.25, 0.3) is 0 Å². The van der Waals surface area contributed by atoms with E-state index >= 15 is 0 Å². The van der Waals surface area contributed by atoms with Crippen LogP contribution in [0.4, 0.5) is 74.6 Å². The minimum Gasteiger partial charge on any atom is -0.478 e. The topological polar surface area (TPSA) is 37.3 Å². The van der Waals surface area contributed by atoms with E-state index in [-0.39, 0.29) is 0 Å². The number of hydrogen-bond acceptors (Lipinski definition) is 1. The van der Waals surface area contributed by atoms with E-state index < -0.39 is 78.6 Å². The number of allylic oxidation sites excluding steroid dienone is 1. The molecule has 19 heteroatoms. The fourth-order valence-electron chi connectivity index (χ4n) is 1.74. The van der Waals surface area contributed by atoms with Crippen LogP contribution in [-0.4, -0.2) is 64.6 Å². The van der Waals surface area contributed by atoms with Crippen molar-refractivity contribution in [3.05, 3.63) is 12.2 Å². The summed E-state index contributed by atoms with van der Waals surface area (Å²) in [6.45, 7) is -0.682. The third-order valence-corrected chi connectivity index (χ3v) is 3.74. The Balaban J connectivity index is 6.83. The predicted molar refractivity (Wildman–Crippen MR) is 66.9 cm³/mol. The molecule has 1 unspecified atom stereocenters. The van der Waals surface area contributed by atoms with E-state index in [9.17, 15) is 79.4 Å². The summed E-state index contributed by atoms with van der Waals surface area (Å²) < 4.78 is 225. The molecule has 0 fully saturated rings. The fourth-order valence-corrected chi connectivity index (χ4v) is 1.74. The quantitative estimate of drug-likeness (QED) is 0.282. The Bertz CT molecular complexity index is 737. The van der Waals surface area contributed by atoms with Crippen molar-refractivity contribution < 1.29 is 84.5 Å². The number of aliphatic carboxylic acids is 1. The largest absolute Gasteiger partial charge is 0.478 e. The minimum absolute atomic E-state index is 0.682. The smallest absolute Gasteiger partial charge is 0.385 e. The molecule has 0 aliphatic rings. The Morgan fingerprint density at radius 1 is 0.625 bits per heavy atom. The van der Waals surface area contributed by atoms with Crippen molar-refractivity contribution in [1.82, 2.24) is 0 Å². The van der Waals surface area contributed by atoms with Gasteiger partial charge >= 0.3 is 53.3 Å². The van der Waals surface area contributed by atoms with Gasteiger partial charge in [-0.3, -0.25) is 0 Å². The number of halogens is 17. The second-order valence-corrected chi connectivity index (χ2v) is 5.98. The average Bonchev–Trinajstić information content (AvgIpc) is 2.58. The van der Waals surface area contributed by atoms with E-state index in [1.807, 2.05) is 0 Å². The van der Waals surface area contributed by atoms with Gasteiger partial charge in [0.05, 0.1) is 0 Å². The molecule has 0 aromatic carbocycles. The summed E-state index contributed by atoms with van der Waals surface area (Å²) in [5.74, 6) is -66.5. The van der Waals surface area contributed by atoms with Gasteiger partial charge in [0.2, 0.25) is 0 Å². The van der Waals surface area contributed by atoms with Crippen LogP contribution in [-0.2, 0) is 4.79 Å². The van der Waals surface area contributed by atoms with Crippen LogP contribution in [0.1, 0.15) is 6.92 Å². The number of hydrogen-bond donors (Lipinski definition) is 1. The summed E-state index contributed by atoms with van der Waals surface area (Å²) in [6, 6.07) is 0. The highest BCUT2D eigenvalue weighted by molar-refractivity contribution is 5.79. The minimum atomic E-state index is -8.65. The molecule has 0 aliphatic heterocycles. The van der Waals surface area contributed by atoms with Gasteiger partial charge < -0.3 is 5.11 Å². The second-order valence-electron chi connectivity index (χ2n) is 5.98. The predicted octanol–water partition coefficient (Wildman–Crippen LogP) is 6.07. The molecule has 32 heavy (non-hydrogen) atoms. The van der Waals surface area contributed by atoms with Gasteiger partial charge in [-0.1, -0.05) is 0 Å². The maximum Gasteiger partial charge on any atom is 0.385 e. The highest BCUT2D eigenvalue weighted by Gasteiger charge is 2.94. The molecule has 1 N–H and O–H groups in total. The Kier molecular flexibility index (Phi) is 7.32. The zero-order valence-electron chi connectivity index (χ0n) is 14.5. The summed E-state index contributed by atoms with van der Waals surface area (Å²) >= 11 is 0. The van der Waals surface area contributed by atoms with Crippen molar-refractivity contribution in [1.29, 1.82) is 0 Å². The fraction of sp³-hybridized carbons (Fsp3) is 0.769. The number of carboxylic acids is 1. The first kappa shape index (κ1) is 30.0. The first-order valence-electron chi connectivity index (χ1n) is 7.20. The van der Waals surface area contributed by atoms with Crippen LogP contribution in [0.3, 0.4) is 0 Å². The zero-order chi connectivity index (χ0) is 26.6. The SMILES string of the molecule is CC(F)C(F)(F)C(F)(F)C(F)(F)C(F)(F)C(F)(F)C(F)(F)C(F)(F)C(F)(F)C=CC(=O)O. The van der Waals surface area contributed by atoms with Crippen molar-refractivity contribution in [2.24, 2.45) is 0 Å². The average molecular weight is 518 g/mol. The summed E-state index contributed by atoms with van der Waals surface area (Å²) in [6.07, 6.45) is -7.38. The van der Waals surface area contributed by atoms with Crippen LogP contribution in [0.2, 0.25) is 0 Å². The maximum atomic E-state index is 13.4. The van der Waals surface area contributed by atoms with Gasteiger partial charge in [0.15, 0.2) is 6.17 Å². The molecule has 0 spiro atoms. The lowest BCUT2D eigenvalue weighted by Crippen LogP contribution is -2.75. The molecule has 0 saturated carbocycles. The number of carbonyl (C=O) groups is 1. The highest BCUT2D eigenvalue weighted by atomic mass is 19.4. The molecule has 0 aromatic rings. The van der Waals surface area contributed by atoms with Crippen molar-refractivity contribution in [2.75, 3.05) is 0 Å². The lowest BCUT2D eigenvalue weighted by Gasteiger charge is -2.43. The Morgan fingerprint density at radius 2 is 0.906 bits per heavy atom. The van der Waals surface area contributed by atoms with Gasteiger partial charge in [-0.05, 0) is 13.0 Å². The molecule has 1 atom stereocenters.